The van der Waals surface area contributed by atoms with E-state index in [0.717, 1.165) is 45.1 Å². The number of rotatable bonds is 4. The van der Waals surface area contributed by atoms with Gasteiger partial charge in [0.05, 0.1) is 5.02 Å². The Balaban J connectivity index is 1.71. The molecule has 0 bridgehead atoms. The van der Waals surface area contributed by atoms with Crippen LogP contribution in [0.2, 0.25) is 5.02 Å². The van der Waals surface area contributed by atoms with Gasteiger partial charge in [0.1, 0.15) is 5.82 Å². The van der Waals surface area contributed by atoms with Crippen molar-refractivity contribution in [3.05, 3.63) is 23.4 Å². The second-order valence-corrected chi connectivity index (χ2v) is 4.81. The number of hydrogen-bond donors (Lipinski definition) is 1. The van der Waals surface area contributed by atoms with E-state index in [0.29, 0.717) is 5.02 Å². The van der Waals surface area contributed by atoms with Crippen molar-refractivity contribution in [2.75, 3.05) is 51.6 Å². The first kappa shape index (κ1) is 12.6. The quantitative estimate of drug-likeness (QED) is 0.880. The Morgan fingerprint density at radius 3 is 2.82 bits per heavy atom. The lowest BCUT2D eigenvalue weighted by molar-refractivity contribution is 0.158. The van der Waals surface area contributed by atoms with E-state index in [2.05, 4.69) is 27.1 Å². The lowest BCUT2D eigenvalue weighted by Gasteiger charge is -2.32. The van der Waals surface area contributed by atoms with Crippen LogP contribution in [0, 0.1) is 0 Å². The van der Waals surface area contributed by atoms with Crippen molar-refractivity contribution in [2.24, 2.45) is 0 Å². The molecule has 0 unspecified atom stereocenters. The summed E-state index contributed by atoms with van der Waals surface area (Å²) in [5.74, 6) is 0.781. The molecule has 1 aromatic heterocycles. The number of piperazine rings is 1. The van der Waals surface area contributed by atoms with Gasteiger partial charge in [0.15, 0.2) is 0 Å². The van der Waals surface area contributed by atoms with Gasteiger partial charge in [-0.25, -0.2) is 4.98 Å². The lowest BCUT2D eigenvalue weighted by Crippen LogP contribution is -2.45. The van der Waals surface area contributed by atoms with Crippen LogP contribution < -0.4 is 5.32 Å². The van der Waals surface area contributed by atoms with Gasteiger partial charge in [-0.1, -0.05) is 11.6 Å². The zero-order valence-corrected chi connectivity index (χ0v) is 11.0. The molecule has 5 heteroatoms. The maximum Gasteiger partial charge on any atom is 0.144 e. The Kier molecular flexibility index (Phi) is 4.59. The van der Waals surface area contributed by atoms with E-state index in [1.165, 1.54) is 0 Å². The summed E-state index contributed by atoms with van der Waals surface area (Å²) in [5.41, 5.74) is 0. The molecule has 1 N–H and O–H groups in total. The second-order valence-electron chi connectivity index (χ2n) is 4.41. The molecule has 0 atom stereocenters. The fraction of sp³-hybridized carbons (Fsp3) is 0.583. The standard InChI is InChI=1S/C12H19ClN4/c1-16-7-9-17(10-8-16)6-5-15-12-11(13)3-2-4-14-12/h2-4H,5-10H2,1H3,(H,14,15). The summed E-state index contributed by atoms with van der Waals surface area (Å²) < 4.78 is 0. The molecule has 1 aromatic rings. The summed E-state index contributed by atoms with van der Waals surface area (Å²) in [6.45, 7) is 6.54. The maximum atomic E-state index is 6.02. The summed E-state index contributed by atoms with van der Waals surface area (Å²) >= 11 is 6.02. The molecule has 2 rings (SSSR count). The highest BCUT2D eigenvalue weighted by molar-refractivity contribution is 6.32. The van der Waals surface area contributed by atoms with Crippen LogP contribution in [-0.4, -0.2) is 61.1 Å². The van der Waals surface area contributed by atoms with Gasteiger partial charge in [-0.05, 0) is 19.2 Å². The molecule has 1 saturated heterocycles. The smallest absolute Gasteiger partial charge is 0.144 e. The van der Waals surface area contributed by atoms with Crippen LogP contribution in [0.5, 0.6) is 0 Å². The molecule has 1 aliphatic heterocycles. The molecule has 17 heavy (non-hydrogen) atoms. The molecule has 0 amide bonds. The maximum absolute atomic E-state index is 6.02. The number of nitrogens with zero attached hydrogens (tertiary/aromatic N) is 3. The summed E-state index contributed by atoms with van der Waals surface area (Å²) in [5, 5.41) is 3.96. The number of halogens is 1. The van der Waals surface area contributed by atoms with E-state index >= 15 is 0 Å². The molecule has 1 aliphatic rings. The summed E-state index contributed by atoms with van der Waals surface area (Å²) in [6.07, 6.45) is 1.75. The van der Waals surface area contributed by atoms with E-state index in [9.17, 15) is 0 Å². The van der Waals surface area contributed by atoms with Gasteiger partial charge in [0, 0.05) is 45.5 Å². The number of nitrogens with one attached hydrogen (secondary N) is 1. The molecule has 0 spiro atoms. The van der Waals surface area contributed by atoms with Gasteiger partial charge >= 0.3 is 0 Å². The third-order valence-corrected chi connectivity index (χ3v) is 3.38. The first-order chi connectivity index (χ1) is 8.25. The third-order valence-electron chi connectivity index (χ3n) is 3.07. The fourth-order valence-corrected chi connectivity index (χ4v) is 2.11. The van der Waals surface area contributed by atoms with Crippen LogP contribution in [0.25, 0.3) is 0 Å². The van der Waals surface area contributed by atoms with Crippen LogP contribution in [0.15, 0.2) is 18.3 Å². The van der Waals surface area contributed by atoms with Crippen molar-refractivity contribution in [3.63, 3.8) is 0 Å². The number of aromatic nitrogens is 1. The Morgan fingerprint density at radius 1 is 1.35 bits per heavy atom. The number of anilines is 1. The van der Waals surface area contributed by atoms with Crippen molar-refractivity contribution in [2.45, 2.75) is 0 Å². The van der Waals surface area contributed by atoms with Crippen LogP contribution in [0.1, 0.15) is 0 Å². The van der Waals surface area contributed by atoms with Gasteiger partial charge in [-0.2, -0.15) is 0 Å². The molecule has 4 nitrogen and oxygen atoms in total. The lowest BCUT2D eigenvalue weighted by atomic mass is 10.3. The fourth-order valence-electron chi connectivity index (χ4n) is 1.92. The summed E-state index contributed by atoms with van der Waals surface area (Å²) in [7, 11) is 2.17. The van der Waals surface area contributed by atoms with Gasteiger partial charge in [0.2, 0.25) is 0 Å². The Labute approximate surface area is 108 Å². The SMILES string of the molecule is CN1CCN(CCNc2ncccc2Cl)CC1. The largest absolute Gasteiger partial charge is 0.368 e. The molecule has 0 aliphatic carbocycles. The van der Waals surface area contributed by atoms with E-state index in [1.807, 2.05) is 12.1 Å². The molecule has 2 heterocycles. The Morgan fingerprint density at radius 2 is 2.12 bits per heavy atom. The van der Waals surface area contributed by atoms with Crippen LogP contribution in [0.3, 0.4) is 0 Å². The molecule has 1 fully saturated rings. The Bertz CT molecular complexity index is 350. The average molecular weight is 255 g/mol. The average Bonchev–Trinajstić information content (AvgIpc) is 2.34. The highest BCUT2D eigenvalue weighted by Crippen LogP contribution is 2.16. The number of likely N-dealkylation sites (N-methyl/N-ethyl adjacent to an activating group) is 1. The molecular weight excluding hydrogens is 236 g/mol. The minimum absolute atomic E-state index is 0.686. The van der Waals surface area contributed by atoms with Gasteiger partial charge in [-0.15, -0.1) is 0 Å². The monoisotopic (exact) mass is 254 g/mol. The normalized spacial score (nSPS) is 18.2. The van der Waals surface area contributed by atoms with E-state index < -0.39 is 0 Å². The minimum Gasteiger partial charge on any atom is -0.368 e. The Hall–Kier alpha value is -0.840. The first-order valence-electron chi connectivity index (χ1n) is 6.01. The van der Waals surface area contributed by atoms with Crippen molar-refractivity contribution < 1.29 is 0 Å². The van der Waals surface area contributed by atoms with Crippen LogP contribution in [-0.2, 0) is 0 Å². The van der Waals surface area contributed by atoms with E-state index in [1.54, 1.807) is 6.20 Å². The van der Waals surface area contributed by atoms with Gasteiger partial charge in [-0.3, -0.25) is 4.90 Å². The highest BCUT2D eigenvalue weighted by atomic mass is 35.5. The minimum atomic E-state index is 0.686. The highest BCUT2D eigenvalue weighted by Gasteiger charge is 2.12. The first-order valence-corrected chi connectivity index (χ1v) is 6.39. The predicted octanol–water partition coefficient (Wildman–Crippen LogP) is 1.39. The molecule has 0 radical (unpaired) electrons. The molecule has 0 aromatic carbocycles. The zero-order valence-electron chi connectivity index (χ0n) is 10.2. The van der Waals surface area contributed by atoms with Crippen molar-refractivity contribution in [1.82, 2.24) is 14.8 Å². The van der Waals surface area contributed by atoms with E-state index in [-0.39, 0.29) is 0 Å². The van der Waals surface area contributed by atoms with Gasteiger partial charge < -0.3 is 10.2 Å². The van der Waals surface area contributed by atoms with Crippen molar-refractivity contribution >= 4 is 17.4 Å². The van der Waals surface area contributed by atoms with Crippen molar-refractivity contribution in [1.29, 1.82) is 0 Å². The molecule has 94 valence electrons. The topological polar surface area (TPSA) is 31.4 Å². The van der Waals surface area contributed by atoms with E-state index in [4.69, 9.17) is 11.6 Å². The summed E-state index contributed by atoms with van der Waals surface area (Å²) in [6, 6.07) is 3.70. The predicted molar refractivity (Wildman–Crippen MR) is 71.7 cm³/mol. The molecular formula is C12H19ClN4. The molecule has 0 saturated carbocycles. The second kappa shape index (κ2) is 6.19. The van der Waals surface area contributed by atoms with Gasteiger partial charge in [0.25, 0.3) is 0 Å². The number of pyridine rings is 1. The zero-order chi connectivity index (χ0) is 12.1. The van der Waals surface area contributed by atoms with Crippen LogP contribution in [0.4, 0.5) is 5.82 Å². The summed E-state index contributed by atoms with van der Waals surface area (Å²) in [4.78, 5) is 9.03. The third kappa shape index (κ3) is 3.84. The van der Waals surface area contributed by atoms with Crippen LogP contribution >= 0.6 is 11.6 Å². The number of hydrogen-bond acceptors (Lipinski definition) is 4. The van der Waals surface area contributed by atoms with Crippen molar-refractivity contribution in [3.8, 4) is 0 Å².